The van der Waals surface area contributed by atoms with Crippen LogP contribution < -0.4 is 9.64 Å². The first-order valence-electron chi connectivity index (χ1n) is 12.3. The van der Waals surface area contributed by atoms with Crippen LogP contribution in [0.3, 0.4) is 0 Å². The number of thiazole rings is 1. The second-order valence-electron chi connectivity index (χ2n) is 8.80. The predicted octanol–water partition coefficient (Wildman–Crippen LogP) is 5.11. The molecule has 37 heavy (non-hydrogen) atoms. The van der Waals surface area contributed by atoms with E-state index >= 15 is 0 Å². The van der Waals surface area contributed by atoms with Crippen LogP contribution in [-0.2, 0) is 16.6 Å². The van der Waals surface area contributed by atoms with Gasteiger partial charge in [0.1, 0.15) is 5.75 Å². The molecule has 0 aliphatic carbocycles. The molecule has 2 aromatic carbocycles. The Morgan fingerprint density at radius 1 is 1.08 bits per heavy atom. The lowest BCUT2D eigenvalue weighted by Gasteiger charge is -2.26. The number of hydrogen-bond acceptors (Lipinski definition) is 7. The van der Waals surface area contributed by atoms with Crippen LogP contribution in [0.4, 0.5) is 5.13 Å². The van der Waals surface area contributed by atoms with Gasteiger partial charge in [0.2, 0.25) is 10.0 Å². The second kappa shape index (κ2) is 11.0. The van der Waals surface area contributed by atoms with Crippen molar-refractivity contribution in [3.05, 3.63) is 78.1 Å². The Kier molecular flexibility index (Phi) is 7.50. The Labute approximate surface area is 220 Å². The number of carbonyl (C=O) groups excluding carboxylic acids is 1. The summed E-state index contributed by atoms with van der Waals surface area (Å²) >= 11 is 1.40. The van der Waals surface area contributed by atoms with E-state index in [2.05, 4.69) is 4.98 Å². The van der Waals surface area contributed by atoms with Gasteiger partial charge in [-0.1, -0.05) is 23.8 Å². The number of pyridine rings is 1. The molecule has 0 saturated carbocycles. The van der Waals surface area contributed by atoms with E-state index in [9.17, 15) is 13.2 Å². The lowest BCUT2D eigenvalue weighted by Crippen LogP contribution is -2.35. The molecule has 1 fully saturated rings. The van der Waals surface area contributed by atoms with E-state index in [0.29, 0.717) is 30.4 Å². The monoisotopic (exact) mass is 536 g/mol. The molecule has 4 aromatic rings. The molecule has 0 unspecified atom stereocenters. The highest BCUT2D eigenvalue weighted by Gasteiger charge is 2.27. The van der Waals surface area contributed by atoms with Gasteiger partial charge < -0.3 is 4.74 Å². The van der Waals surface area contributed by atoms with Gasteiger partial charge in [-0.25, -0.2) is 13.4 Å². The molecule has 1 aliphatic heterocycles. The third-order valence-electron chi connectivity index (χ3n) is 6.25. The smallest absolute Gasteiger partial charge is 0.260 e. The van der Waals surface area contributed by atoms with Gasteiger partial charge in [-0.05, 0) is 73.9 Å². The van der Waals surface area contributed by atoms with Gasteiger partial charge in [-0.15, -0.1) is 0 Å². The molecule has 5 rings (SSSR count). The molecule has 0 N–H and O–H groups in total. The first-order chi connectivity index (χ1) is 18.0. The number of sulfonamides is 1. The van der Waals surface area contributed by atoms with E-state index < -0.39 is 10.0 Å². The molecule has 192 valence electrons. The van der Waals surface area contributed by atoms with Gasteiger partial charge in [-0.2, -0.15) is 4.31 Å². The second-order valence-corrected chi connectivity index (χ2v) is 11.7. The molecule has 3 heterocycles. The van der Waals surface area contributed by atoms with Gasteiger partial charge in [0.15, 0.2) is 5.13 Å². The summed E-state index contributed by atoms with van der Waals surface area (Å²) in [6.07, 6.45) is 6.19. The molecule has 8 nitrogen and oxygen atoms in total. The first kappa shape index (κ1) is 25.3. The van der Waals surface area contributed by atoms with Gasteiger partial charge in [-0.3, -0.25) is 14.7 Å². The molecule has 10 heteroatoms. The number of ether oxygens (including phenoxy) is 1. The van der Waals surface area contributed by atoms with Crippen LogP contribution in [0.5, 0.6) is 5.75 Å². The number of aromatic nitrogens is 2. The summed E-state index contributed by atoms with van der Waals surface area (Å²) in [4.78, 5) is 24.5. The summed E-state index contributed by atoms with van der Waals surface area (Å²) in [6.45, 7) is 3.83. The molecule has 2 aromatic heterocycles. The van der Waals surface area contributed by atoms with E-state index in [4.69, 9.17) is 9.72 Å². The van der Waals surface area contributed by atoms with E-state index in [-0.39, 0.29) is 17.3 Å². The van der Waals surface area contributed by atoms with E-state index in [1.54, 1.807) is 29.4 Å². The number of benzene rings is 2. The van der Waals surface area contributed by atoms with Crippen LogP contribution in [-0.4, -0.2) is 48.3 Å². The molecular formula is C27H28N4O4S2. The van der Waals surface area contributed by atoms with E-state index in [1.807, 2.05) is 37.3 Å². The molecule has 0 spiro atoms. The third kappa shape index (κ3) is 5.51. The van der Waals surface area contributed by atoms with Gasteiger partial charge in [0.05, 0.1) is 28.3 Å². The van der Waals surface area contributed by atoms with Crippen LogP contribution in [0.15, 0.2) is 71.9 Å². The van der Waals surface area contributed by atoms with Gasteiger partial charge in [0, 0.05) is 31.0 Å². The van der Waals surface area contributed by atoms with Crippen molar-refractivity contribution < 1.29 is 17.9 Å². The minimum atomic E-state index is -3.57. The van der Waals surface area contributed by atoms with Crippen LogP contribution in [0, 0.1) is 0 Å². The van der Waals surface area contributed by atoms with Crippen LogP contribution in [0.2, 0.25) is 0 Å². The highest BCUT2D eigenvalue weighted by Crippen LogP contribution is 2.33. The van der Waals surface area contributed by atoms with E-state index in [1.165, 1.54) is 27.8 Å². The lowest BCUT2D eigenvalue weighted by atomic mass is 10.2. The fourth-order valence-electron chi connectivity index (χ4n) is 4.34. The fourth-order valence-corrected chi connectivity index (χ4v) is 6.85. The fraction of sp³-hybridized carbons (Fsp3) is 0.296. The summed E-state index contributed by atoms with van der Waals surface area (Å²) in [5.74, 6) is 0.482. The quantitative estimate of drug-likeness (QED) is 0.311. The zero-order valence-electron chi connectivity index (χ0n) is 20.5. The van der Waals surface area contributed by atoms with Crippen molar-refractivity contribution in [1.29, 1.82) is 0 Å². The standard InChI is InChI=1S/C27H28N4O4S2/c1-2-35-22-10-13-24-25(17-22)36-27(29-24)31(19-20-7-6-14-28-18-20)26(32)21-8-11-23(12-9-21)37(33,34)30-15-4-3-5-16-30/h6-14,17-18H,2-5,15-16,19H2,1H3. The number of carbonyl (C=O) groups is 1. The minimum Gasteiger partial charge on any atom is -0.494 e. The summed E-state index contributed by atoms with van der Waals surface area (Å²) in [6, 6.07) is 15.6. The molecule has 0 bridgehead atoms. The summed E-state index contributed by atoms with van der Waals surface area (Å²) in [5.41, 5.74) is 2.01. The number of rotatable bonds is 8. The average molecular weight is 537 g/mol. The summed E-state index contributed by atoms with van der Waals surface area (Å²) < 4.78 is 34.1. The SMILES string of the molecule is CCOc1ccc2nc(N(Cc3cccnc3)C(=O)c3ccc(S(=O)(=O)N4CCCCC4)cc3)sc2c1. The molecule has 1 amide bonds. The summed E-state index contributed by atoms with van der Waals surface area (Å²) in [5, 5.41) is 0.544. The van der Waals surface area contributed by atoms with Gasteiger partial charge >= 0.3 is 0 Å². The van der Waals surface area contributed by atoms with Gasteiger partial charge in [0.25, 0.3) is 5.91 Å². The lowest BCUT2D eigenvalue weighted by molar-refractivity contribution is 0.0985. The van der Waals surface area contributed by atoms with Crippen molar-refractivity contribution in [1.82, 2.24) is 14.3 Å². The predicted molar refractivity (Wildman–Crippen MR) is 145 cm³/mol. The van der Waals surface area contributed by atoms with Crippen molar-refractivity contribution in [3.63, 3.8) is 0 Å². The number of nitrogens with zero attached hydrogens (tertiary/aromatic N) is 4. The number of amides is 1. The number of piperidine rings is 1. The molecule has 1 saturated heterocycles. The molecule has 1 aliphatic rings. The topological polar surface area (TPSA) is 92.7 Å². The Bertz CT molecular complexity index is 1480. The molecular weight excluding hydrogens is 508 g/mol. The number of fused-ring (bicyclic) bond motifs is 1. The van der Waals surface area contributed by atoms with Crippen molar-refractivity contribution in [2.45, 2.75) is 37.6 Å². The Morgan fingerprint density at radius 3 is 2.57 bits per heavy atom. The maximum Gasteiger partial charge on any atom is 0.260 e. The Balaban J connectivity index is 1.46. The highest BCUT2D eigenvalue weighted by molar-refractivity contribution is 7.89. The maximum absolute atomic E-state index is 13.7. The highest BCUT2D eigenvalue weighted by atomic mass is 32.2. The van der Waals surface area contributed by atoms with Crippen LogP contribution in [0.25, 0.3) is 10.2 Å². The Hall–Kier alpha value is -3.34. The van der Waals surface area contributed by atoms with Crippen molar-refractivity contribution in [2.24, 2.45) is 0 Å². The van der Waals surface area contributed by atoms with E-state index in [0.717, 1.165) is 40.8 Å². The maximum atomic E-state index is 13.7. The third-order valence-corrected chi connectivity index (χ3v) is 9.21. The van der Waals surface area contributed by atoms with Crippen LogP contribution in [0.1, 0.15) is 42.1 Å². The van der Waals surface area contributed by atoms with Crippen LogP contribution >= 0.6 is 11.3 Å². The summed E-state index contributed by atoms with van der Waals surface area (Å²) in [7, 11) is -3.57. The molecule has 0 atom stereocenters. The number of hydrogen-bond donors (Lipinski definition) is 0. The molecule has 0 radical (unpaired) electrons. The first-order valence-corrected chi connectivity index (χ1v) is 14.6. The van der Waals surface area contributed by atoms with Crippen molar-refractivity contribution in [2.75, 3.05) is 24.6 Å². The largest absolute Gasteiger partial charge is 0.494 e. The average Bonchev–Trinajstić information content (AvgIpc) is 3.36. The number of anilines is 1. The normalized spacial score (nSPS) is 14.5. The minimum absolute atomic E-state index is 0.202. The Morgan fingerprint density at radius 2 is 1.86 bits per heavy atom. The zero-order valence-corrected chi connectivity index (χ0v) is 22.2. The zero-order chi connectivity index (χ0) is 25.8. The van der Waals surface area contributed by atoms with Crippen molar-refractivity contribution >= 4 is 42.6 Å². The van der Waals surface area contributed by atoms with Crippen molar-refractivity contribution in [3.8, 4) is 5.75 Å².